The van der Waals surface area contributed by atoms with Gasteiger partial charge in [-0.1, -0.05) is 0 Å². The lowest BCUT2D eigenvalue weighted by Crippen LogP contribution is -2.36. The predicted molar refractivity (Wildman–Crippen MR) is 125 cm³/mol. The molecule has 33 heavy (non-hydrogen) atoms. The van der Waals surface area contributed by atoms with E-state index >= 15 is 0 Å². The molecular weight excluding hydrogens is 483 g/mol. The number of nitrogens with one attached hydrogen (secondary N) is 5. The molecular formula is C17H36Cl2N8O6. The molecule has 0 saturated carbocycles. The van der Waals surface area contributed by atoms with E-state index in [1.54, 1.807) is 7.05 Å². The third-order valence-corrected chi connectivity index (χ3v) is 2.74. The summed E-state index contributed by atoms with van der Waals surface area (Å²) in [4.78, 5) is 62.2. The molecule has 16 heteroatoms. The molecule has 0 atom stereocenters. The molecule has 194 valence electrons. The Morgan fingerprint density at radius 2 is 0.848 bits per heavy atom. The summed E-state index contributed by atoms with van der Waals surface area (Å²) in [5.41, 5.74) is 14.9. The topological polar surface area (TPSA) is 241 Å². The van der Waals surface area contributed by atoms with Gasteiger partial charge in [-0.2, -0.15) is 0 Å². The molecule has 0 aromatic rings. The van der Waals surface area contributed by atoms with Gasteiger partial charge in [-0.3, -0.25) is 28.8 Å². The summed E-state index contributed by atoms with van der Waals surface area (Å²) in [5, 5.41) is 10.9. The lowest BCUT2D eigenvalue weighted by atomic mass is 10.4. The van der Waals surface area contributed by atoms with Crippen LogP contribution >= 0.6 is 23.2 Å². The molecule has 0 spiro atoms. The molecule has 0 radical (unpaired) electrons. The molecule has 0 aromatic heterocycles. The molecule has 4 amide bonds. The fourth-order valence-electron chi connectivity index (χ4n) is 1.27. The Hall–Kier alpha value is -2.36. The quantitative estimate of drug-likeness (QED) is 0.0787. The molecule has 0 unspecified atom stereocenters. The van der Waals surface area contributed by atoms with Crippen molar-refractivity contribution >= 4 is 57.3 Å². The highest BCUT2D eigenvalue weighted by Gasteiger charge is 2.06. The van der Waals surface area contributed by atoms with E-state index in [0.29, 0.717) is 19.8 Å². The number of carbonyl (C=O) groups excluding carboxylic acids is 6. The molecule has 11 N–H and O–H groups in total. The second-order valence-electron chi connectivity index (χ2n) is 5.31. The van der Waals surface area contributed by atoms with E-state index in [-0.39, 0.29) is 44.4 Å². The van der Waals surface area contributed by atoms with Crippen molar-refractivity contribution in [3.05, 3.63) is 0 Å². The second-order valence-corrected chi connectivity index (χ2v) is 6.16. The average Bonchev–Trinajstić information content (AvgIpc) is 2.68. The Morgan fingerprint density at radius 3 is 1.00 bits per heavy atom. The van der Waals surface area contributed by atoms with Crippen LogP contribution in [0.2, 0.25) is 0 Å². The van der Waals surface area contributed by atoms with Crippen LogP contribution in [0.25, 0.3) is 0 Å². The van der Waals surface area contributed by atoms with Crippen LogP contribution in [0.4, 0.5) is 0 Å². The van der Waals surface area contributed by atoms with Crippen LogP contribution in [0, 0.1) is 0 Å². The van der Waals surface area contributed by atoms with Gasteiger partial charge in [0.15, 0.2) is 0 Å². The van der Waals surface area contributed by atoms with Crippen molar-refractivity contribution in [3.63, 3.8) is 0 Å². The van der Waals surface area contributed by atoms with E-state index in [1.807, 2.05) is 13.8 Å². The van der Waals surface area contributed by atoms with Crippen molar-refractivity contribution < 1.29 is 28.8 Å². The van der Waals surface area contributed by atoms with Crippen LogP contribution in [0.15, 0.2) is 0 Å². The van der Waals surface area contributed by atoms with Gasteiger partial charge in [0.1, 0.15) is 12.8 Å². The predicted octanol–water partition coefficient (Wildman–Crippen LogP) is -2.88. The minimum absolute atomic E-state index is 0.0364. The summed E-state index contributed by atoms with van der Waals surface area (Å²) >= 11 is 9.46. The van der Waals surface area contributed by atoms with E-state index in [2.05, 4.69) is 26.6 Å². The van der Waals surface area contributed by atoms with Gasteiger partial charge in [0.25, 0.3) is 0 Å². The number of hydrogen-bond acceptors (Lipinski definition) is 10. The fraction of sp³-hybridized carbons (Fsp3) is 0.647. The van der Waals surface area contributed by atoms with Gasteiger partial charge in [-0.15, -0.1) is 0 Å². The Kier molecular flexibility index (Phi) is 34.1. The zero-order chi connectivity index (χ0) is 26.7. The minimum atomic E-state index is -0.722. The van der Waals surface area contributed by atoms with Crippen molar-refractivity contribution in [1.29, 1.82) is 0 Å². The van der Waals surface area contributed by atoms with Crippen molar-refractivity contribution in [2.24, 2.45) is 17.2 Å². The largest absolute Gasteiger partial charge is 0.356 e. The lowest BCUT2D eigenvalue weighted by molar-refractivity contribution is -0.130. The Labute approximate surface area is 203 Å². The van der Waals surface area contributed by atoms with Crippen LogP contribution in [-0.4, -0.2) is 74.3 Å². The molecule has 0 rings (SSSR count). The SMILES string of the molecule is CCNC(=O)CC(=O)NCC.CNCN.NCNC(=O)CC(=O)NCN.O=C(Cl)CC(=O)Cl. The number of carbonyl (C=O) groups is 6. The van der Waals surface area contributed by atoms with Gasteiger partial charge in [0.05, 0.1) is 19.8 Å². The molecule has 0 heterocycles. The number of hydrogen-bond donors (Lipinski definition) is 8. The highest BCUT2D eigenvalue weighted by Crippen LogP contribution is 1.92. The van der Waals surface area contributed by atoms with Crippen LogP contribution in [0.1, 0.15) is 33.1 Å². The fourth-order valence-corrected chi connectivity index (χ4v) is 1.58. The number of halogens is 2. The van der Waals surface area contributed by atoms with Crippen LogP contribution in [0.3, 0.4) is 0 Å². The third-order valence-electron chi connectivity index (χ3n) is 2.47. The zero-order valence-corrected chi connectivity index (χ0v) is 20.6. The maximum Gasteiger partial charge on any atom is 0.230 e. The van der Waals surface area contributed by atoms with E-state index in [0.717, 1.165) is 0 Å². The van der Waals surface area contributed by atoms with Gasteiger partial charge in [-0.25, -0.2) is 0 Å². The number of nitrogens with two attached hydrogens (primary N) is 3. The van der Waals surface area contributed by atoms with Crippen LogP contribution in [0.5, 0.6) is 0 Å². The van der Waals surface area contributed by atoms with Crippen molar-refractivity contribution in [2.45, 2.75) is 33.1 Å². The van der Waals surface area contributed by atoms with Gasteiger partial charge >= 0.3 is 0 Å². The van der Waals surface area contributed by atoms with Gasteiger partial charge in [-0.05, 0) is 44.1 Å². The first-order valence-corrected chi connectivity index (χ1v) is 10.4. The monoisotopic (exact) mass is 518 g/mol. The molecule has 0 aliphatic rings. The van der Waals surface area contributed by atoms with E-state index in [1.165, 1.54) is 0 Å². The molecule has 0 fully saturated rings. The van der Waals surface area contributed by atoms with E-state index in [9.17, 15) is 28.8 Å². The number of rotatable bonds is 11. The molecule has 0 aliphatic carbocycles. The van der Waals surface area contributed by atoms with Gasteiger partial charge in [0.2, 0.25) is 34.1 Å². The highest BCUT2D eigenvalue weighted by molar-refractivity contribution is 6.72. The summed E-state index contributed by atoms with van der Waals surface area (Å²) in [6, 6.07) is 0. The minimum Gasteiger partial charge on any atom is -0.356 e. The maximum absolute atomic E-state index is 10.8. The first-order chi connectivity index (χ1) is 15.4. The molecule has 14 nitrogen and oxygen atoms in total. The Balaban J connectivity index is -0.000000180. The average molecular weight is 519 g/mol. The van der Waals surface area contributed by atoms with Crippen molar-refractivity contribution in [3.8, 4) is 0 Å². The highest BCUT2D eigenvalue weighted by atomic mass is 35.5. The normalized spacial score (nSPS) is 8.61. The smallest absolute Gasteiger partial charge is 0.230 e. The zero-order valence-electron chi connectivity index (χ0n) is 19.1. The lowest BCUT2D eigenvalue weighted by Gasteiger charge is -2.01. The van der Waals surface area contributed by atoms with Gasteiger partial charge in [0, 0.05) is 19.8 Å². The second kappa shape index (κ2) is 29.6. The standard InChI is InChI=1S/C7H14N2O2.C5H12N4O2.C3H2Cl2O2.C2H8N2/c1-3-8-6(10)5-7(11)9-4-2;6-2-8-4(10)1-5(11)9-3-7;4-2(6)1-3(5)7;1-4-2-3/h3-5H2,1-2H3,(H,8,10)(H,9,11);1-3,6-7H2,(H,8,10)(H,9,11);1H2;4H,2-3H2,1H3. The summed E-state index contributed by atoms with van der Waals surface area (Å²) in [6.07, 6.45) is -0.681. The number of amides is 4. The molecule has 0 saturated heterocycles. The summed E-state index contributed by atoms with van der Waals surface area (Å²) in [5.74, 6) is -1.26. The summed E-state index contributed by atoms with van der Waals surface area (Å²) in [6.45, 7) is 5.41. The van der Waals surface area contributed by atoms with E-state index < -0.39 is 22.3 Å². The Morgan fingerprint density at radius 1 is 0.576 bits per heavy atom. The molecule has 0 bridgehead atoms. The first kappa shape index (κ1) is 37.9. The first-order valence-electron chi connectivity index (χ1n) is 9.63. The van der Waals surface area contributed by atoms with Crippen molar-refractivity contribution in [2.75, 3.05) is 40.1 Å². The van der Waals surface area contributed by atoms with Crippen molar-refractivity contribution in [1.82, 2.24) is 26.6 Å². The Bertz CT molecular complexity index is 502. The van der Waals surface area contributed by atoms with Crippen LogP contribution < -0.4 is 43.8 Å². The van der Waals surface area contributed by atoms with Gasteiger partial charge < -0.3 is 43.8 Å². The molecule has 0 aliphatic heterocycles. The summed E-state index contributed by atoms with van der Waals surface area (Å²) < 4.78 is 0. The summed E-state index contributed by atoms with van der Waals surface area (Å²) in [7, 11) is 1.81. The van der Waals surface area contributed by atoms with E-state index in [4.69, 9.17) is 40.4 Å². The maximum atomic E-state index is 10.8. The van der Waals surface area contributed by atoms with Crippen LogP contribution in [-0.2, 0) is 28.8 Å². The molecule has 0 aromatic carbocycles. The third kappa shape index (κ3) is 44.2.